The predicted octanol–water partition coefficient (Wildman–Crippen LogP) is 4.67. The Kier molecular flexibility index (Phi) is 4.49. The molecule has 0 radical (unpaired) electrons. The largest absolute Gasteiger partial charge is 0.508 e. The molecule has 138 valence electrons. The van der Waals surface area contributed by atoms with Crippen LogP contribution in [0.1, 0.15) is 16.7 Å². The van der Waals surface area contributed by atoms with Gasteiger partial charge in [-0.05, 0) is 61.0 Å². The molecule has 0 aliphatic carbocycles. The topological polar surface area (TPSA) is 52.9 Å². The van der Waals surface area contributed by atoms with Crippen LogP contribution in [-0.2, 0) is 4.79 Å². The number of carbonyl (C=O) groups excluding carboxylic acids is 1. The molecule has 0 fully saturated rings. The van der Waals surface area contributed by atoms with Crippen LogP contribution in [-0.4, -0.2) is 16.8 Å². The molecule has 0 unspecified atom stereocenters. The molecule has 0 saturated carbocycles. The number of phenolic OH excluding ortho intramolecular Hbond substituents is 1. The second kappa shape index (κ2) is 7.12. The number of aliphatic imine (C=N–C) groups is 1. The van der Waals surface area contributed by atoms with Crippen LogP contribution in [0.3, 0.4) is 0 Å². The number of aromatic hydroxyl groups is 1. The van der Waals surface area contributed by atoms with Gasteiger partial charge in [0.05, 0.1) is 5.69 Å². The van der Waals surface area contributed by atoms with Crippen LogP contribution in [0.25, 0.3) is 6.08 Å². The Bertz CT molecular complexity index is 1100. The highest BCUT2D eigenvalue weighted by molar-refractivity contribution is 6.33. The molecule has 0 aromatic heterocycles. The summed E-state index contributed by atoms with van der Waals surface area (Å²) in [5.74, 6) is 0.000333. The summed E-state index contributed by atoms with van der Waals surface area (Å²) in [6, 6.07) is 20.0. The monoisotopic (exact) mass is 372 g/mol. The minimum absolute atomic E-state index is 0.117. The van der Waals surface area contributed by atoms with E-state index in [0.29, 0.717) is 17.1 Å². The normalized spacial score (nSPS) is 15.2. The van der Waals surface area contributed by atoms with Gasteiger partial charge in [-0.15, -0.1) is 0 Å². The van der Waals surface area contributed by atoms with Crippen molar-refractivity contribution in [3.05, 3.63) is 101 Å². The average Bonchev–Trinajstić information content (AvgIpc) is 3.01. The van der Waals surface area contributed by atoms with Crippen molar-refractivity contribution in [2.75, 3.05) is 4.90 Å². The number of halogens is 1. The average molecular weight is 372 g/mol. The molecule has 1 aliphatic rings. The Morgan fingerprint density at radius 1 is 1.00 bits per heavy atom. The lowest BCUT2D eigenvalue weighted by Gasteiger charge is -2.18. The first-order valence-corrected chi connectivity index (χ1v) is 8.78. The van der Waals surface area contributed by atoms with Crippen LogP contribution in [0, 0.1) is 12.7 Å². The maximum absolute atomic E-state index is 13.2. The highest BCUT2D eigenvalue weighted by atomic mass is 19.1. The predicted molar refractivity (Wildman–Crippen MR) is 108 cm³/mol. The summed E-state index contributed by atoms with van der Waals surface area (Å²) in [4.78, 5) is 19.2. The molecule has 28 heavy (non-hydrogen) atoms. The van der Waals surface area contributed by atoms with Crippen LogP contribution < -0.4 is 4.90 Å². The van der Waals surface area contributed by atoms with Crippen molar-refractivity contribution in [3.8, 4) is 5.75 Å². The Morgan fingerprint density at radius 2 is 1.71 bits per heavy atom. The fourth-order valence-corrected chi connectivity index (χ4v) is 3.05. The third-order valence-electron chi connectivity index (χ3n) is 4.42. The molecule has 4 rings (SSSR count). The van der Waals surface area contributed by atoms with Gasteiger partial charge in [0.1, 0.15) is 23.1 Å². The van der Waals surface area contributed by atoms with E-state index < -0.39 is 0 Å². The van der Waals surface area contributed by atoms with Gasteiger partial charge in [0.2, 0.25) is 0 Å². The van der Waals surface area contributed by atoms with E-state index in [4.69, 9.17) is 0 Å². The smallest absolute Gasteiger partial charge is 0.282 e. The van der Waals surface area contributed by atoms with Crippen molar-refractivity contribution in [3.63, 3.8) is 0 Å². The number of rotatable bonds is 3. The lowest BCUT2D eigenvalue weighted by molar-refractivity contribution is -0.113. The maximum atomic E-state index is 13.2. The molecule has 0 atom stereocenters. The SMILES string of the molecule is Cc1cccc(C2=N/C(=C/c3ccc(F)cc3)C(=O)N2c2ccc(O)cc2)c1. The van der Waals surface area contributed by atoms with Crippen LogP contribution in [0.15, 0.2) is 83.5 Å². The number of benzene rings is 3. The minimum Gasteiger partial charge on any atom is -0.508 e. The maximum Gasteiger partial charge on any atom is 0.282 e. The number of hydrogen-bond acceptors (Lipinski definition) is 3. The van der Waals surface area contributed by atoms with Gasteiger partial charge in [-0.2, -0.15) is 0 Å². The molecule has 1 heterocycles. The van der Waals surface area contributed by atoms with Crippen molar-refractivity contribution in [1.82, 2.24) is 0 Å². The van der Waals surface area contributed by atoms with Crippen LogP contribution in [0.4, 0.5) is 10.1 Å². The van der Waals surface area contributed by atoms with Gasteiger partial charge in [0, 0.05) is 5.56 Å². The molecule has 0 spiro atoms. The molecule has 3 aromatic carbocycles. The summed E-state index contributed by atoms with van der Waals surface area (Å²) in [7, 11) is 0. The van der Waals surface area contributed by atoms with E-state index in [0.717, 1.165) is 11.1 Å². The van der Waals surface area contributed by atoms with E-state index in [1.54, 1.807) is 30.3 Å². The second-order valence-electron chi connectivity index (χ2n) is 6.54. The molecule has 1 N–H and O–H groups in total. The zero-order chi connectivity index (χ0) is 19.7. The number of amides is 1. The van der Waals surface area contributed by atoms with Gasteiger partial charge in [-0.25, -0.2) is 9.38 Å². The van der Waals surface area contributed by atoms with Crippen molar-refractivity contribution < 1.29 is 14.3 Å². The Labute approximate surface area is 161 Å². The van der Waals surface area contributed by atoms with Crippen molar-refractivity contribution in [2.45, 2.75) is 6.92 Å². The van der Waals surface area contributed by atoms with Crippen molar-refractivity contribution in [1.29, 1.82) is 0 Å². The third-order valence-corrected chi connectivity index (χ3v) is 4.42. The lowest BCUT2D eigenvalue weighted by Crippen LogP contribution is -2.32. The van der Waals surface area contributed by atoms with Crippen LogP contribution >= 0.6 is 0 Å². The van der Waals surface area contributed by atoms with E-state index in [9.17, 15) is 14.3 Å². The summed E-state index contributed by atoms with van der Waals surface area (Å²) in [6.45, 7) is 1.97. The molecule has 1 aliphatic heterocycles. The molecule has 0 bridgehead atoms. The Balaban J connectivity index is 1.82. The number of amidine groups is 1. The molecular formula is C23H17FN2O2. The van der Waals surface area contributed by atoms with Gasteiger partial charge < -0.3 is 5.11 Å². The molecule has 4 nitrogen and oxygen atoms in total. The Hall–Kier alpha value is -3.73. The highest BCUT2D eigenvalue weighted by Gasteiger charge is 2.32. The summed E-state index contributed by atoms with van der Waals surface area (Å²) < 4.78 is 13.2. The van der Waals surface area contributed by atoms with E-state index in [2.05, 4.69) is 4.99 Å². The minimum atomic E-state index is -0.338. The fraction of sp³-hybridized carbons (Fsp3) is 0.0435. The summed E-state index contributed by atoms with van der Waals surface area (Å²) in [5, 5.41) is 9.58. The van der Waals surface area contributed by atoms with Gasteiger partial charge in [-0.3, -0.25) is 9.69 Å². The van der Waals surface area contributed by atoms with E-state index in [-0.39, 0.29) is 23.2 Å². The first-order chi connectivity index (χ1) is 13.5. The van der Waals surface area contributed by atoms with E-state index in [1.165, 1.54) is 29.2 Å². The standard InChI is InChI=1S/C23H17FN2O2/c1-15-3-2-4-17(13-15)22-25-21(14-16-5-7-18(24)8-6-16)23(28)26(22)19-9-11-20(27)12-10-19/h2-14,27H,1H3/b21-14+. The van der Waals surface area contributed by atoms with Gasteiger partial charge in [0.15, 0.2) is 0 Å². The van der Waals surface area contributed by atoms with Crippen LogP contribution in [0.5, 0.6) is 5.75 Å². The number of aryl methyl sites for hydroxylation is 1. The molecule has 0 saturated heterocycles. The summed E-state index contributed by atoms with van der Waals surface area (Å²) in [6.07, 6.45) is 1.64. The van der Waals surface area contributed by atoms with Crippen molar-refractivity contribution in [2.24, 2.45) is 4.99 Å². The number of phenols is 1. The zero-order valence-electron chi connectivity index (χ0n) is 15.1. The van der Waals surface area contributed by atoms with Gasteiger partial charge >= 0.3 is 0 Å². The number of nitrogens with zero attached hydrogens (tertiary/aromatic N) is 2. The Morgan fingerprint density at radius 3 is 2.39 bits per heavy atom. The van der Waals surface area contributed by atoms with E-state index in [1.807, 2.05) is 31.2 Å². The summed E-state index contributed by atoms with van der Waals surface area (Å²) >= 11 is 0. The lowest BCUT2D eigenvalue weighted by atomic mass is 10.1. The first kappa shape index (κ1) is 17.7. The van der Waals surface area contributed by atoms with Gasteiger partial charge in [-0.1, -0.05) is 35.9 Å². The molecule has 1 amide bonds. The number of carbonyl (C=O) groups is 1. The number of anilines is 1. The molecular weight excluding hydrogens is 355 g/mol. The second-order valence-corrected chi connectivity index (χ2v) is 6.54. The quantitative estimate of drug-likeness (QED) is 0.679. The van der Waals surface area contributed by atoms with Gasteiger partial charge in [0.25, 0.3) is 5.91 Å². The first-order valence-electron chi connectivity index (χ1n) is 8.78. The van der Waals surface area contributed by atoms with E-state index >= 15 is 0 Å². The summed E-state index contributed by atoms with van der Waals surface area (Å²) in [5.41, 5.74) is 3.41. The fourth-order valence-electron chi connectivity index (χ4n) is 3.05. The van der Waals surface area contributed by atoms with Crippen LogP contribution in [0.2, 0.25) is 0 Å². The highest BCUT2D eigenvalue weighted by Crippen LogP contribution is 2.29. The number of hydrogen-bond donors (Lipinski definition) is 1. The molecule has 5 heteroatoms. The van der Waals surface area contributed by atoms with Crippen molar-refractivity contribution >= 4 is 23.5 Å². The molecule has 3 aromatic rings. The zero-order valence-corrected chi connectivity index (χ0v) is 15.1. The third kappa shape index (κ3) is 3.42.